The number of aliphatic hydroxyl groups is 2. The maximum atomic E-state index is 9.08. The molecule has 5 heteroatoms. The van der Waals surface area contributed by atoms with Crippen LogP contribution in [0.25, 0.3) is 0 Å². The van der Waals surface area contributed by atoms with Crippen LogP contribution in [0.1, 0.15) is 17.7 Å². The summed E-state index contributed by atoms with van der Waals surface area (Å²) in [5.74, 6) is 0.431. The second-order valence-electron chi connectivity index (χ2n) is 3.25. The molecule has 2 atom stereocenters. The van der Waals surface area contributed by atoms with E-state index < -0.39 is 6.10 Å². The molecule has 1 aromatic rings. The van der Waals surface area contributed by atoms with Gasteiger partial charge in [0.05, 0.1) is 6.61 Å². The minimum atomic E-state index is -0.871. The van der Waals surface area contributed by atoms with Gasteiger partial charge in [0.2, 0.25) is 5.88 Å². The summed E-state index contributed by atoms with van der Waals surface area (Å²) in [5, 5.41) is 17.8. The lowest BCUT2D eigenvalue weighted by molar-refractivity contribution is 0.0521. The lowest BCUT2D eigenvalue weighted by Crippen LogP contribution is -2.21. The fraction of sp³-hybridized carbons (Fsp3) is 0.500. The Morgan fingerprint density at radius 3 is 2.93 bits per heavy atom. The fourth-order valence-corrected chi connectivity index (χ4v) is 1.16. The lowest BCUT2D eigenvalue weighted by Gasteiger charge is -2.10. The molecular formula is C10H15NO3S. The van der Waals surface area contributed by atoms with E-state index in [2.05, 4.69) is 17.6 Å². The molecule has 0 bridgehead atoms. The number of nitrogens with zero attached hydrogens (tertiary/aromatic N) is 1. The molecule has 1 unspecified atom stereocenters. The van der Waals surface area contributed by atoms with Gasteiger partial charge in [-0.25, -0.2) is 4.98 Å². The van der Waals surface area contributed by atoms with Crippen LogP contribution in [0.2, 0.25) is 0 Å². The number of hydrogen-bond acceptors (Lipinski definition) is 5. The molecule has 1 heterocycles. The molecule has 1 rings (SSSR count). The summed E-state index contributed by atoms with van der Waals surface area (Å²) in [4.78, 5) is 3.98. The average molecular weight is 229 g/mol. The van der Waals surface area contributed by atoms with Gasteiger partial charge < -0.3 is 14.9 Å². The minimum absolute atomic E-state index is 0.0356. The molecule has 0 spiro atoms. The topological polar surface area (TPSA) is 62.6 Å². The molecule has 0 fully saturated rings. The Balaban J connectivity index is 2.58. The highest BCUT2D eigenvalue weighted by molar-refractivity contribution is 7.80. The first-order valence-corrected chi connectivity index (χ1v) is 5.21. The smallest absolute Gasteiger partial charge is 0.213 e. The van der Waals surface area contributed by atoms with Crippen LogP contribution in [0.5, 0.6) is 5.88 Å². The van der Waals surface area contributed by atoms with E-state index >= 15 is 0 Å². The highest BCUT2D eigenvalue weighted by Crippen LogP contribution is 2.21. The predicted molar refractivity (Wildman–Crippen MR) is 60.2 cm³/mol. The minimum Gasteiger partial charge on any atom is -0.475 e. The van der Waals surface area contributed by atoms with Gasteiger partial charge in [-0.05, 0) is 18.6 Å². The summed E-state index contributed by atoms with van der Waals surface area (Å²) in [6, 6.07) is 3.62. The maximum Gasteiger partial charge on any atom is 0.213 e. The van der Waals surface area contributed by atoms with Crippen molar-refractivity contribution >= 4 is 12.6 Å². The number of rotatable bonds is 5. The first kappa shape index (κ1) is 12.3. The molecular weight excluding hydrogens is 214 g/mol. The fourth-order valence-electron chi connectivity index (χ4n) is 0.998. The van der Waals surface area contributed by atoms with E-state index in [0.717, 1.165) is 5.56 Å². The molecule has 0 aliphatic carbocycles. The molecule has 84 valence electrons. The van der Waals surface area contributed by atoms with Gasteiger partial charge in [0, 0.05) is 17.5 Å². The van der Waals surface area contributed by atoms with Gasteiger partial charge in [-0.1, -0.05) is 0 Å². The number of hydrogen-bond donors (Lipinski definition) is 3. The molecule has 4 nitrogen and oxygen atoms in total. The highest BCUT2D eigenvalue weighted by Gasteiger charge is 2.05. The summed E-state index contributed by atoms with van der Waals surface area (Å²) >= 11 is 4.29. The Hall–Kier alpha value is -0.780. The van der Waals surface area contributed by atoms with Crippen LogP contribution in [-0.2, 0) is 0 Å². The van der Waals surface area contributed by atoms with Gasteiger partial charge in [-0.3, -0.25) is 0 Å². The van der Waals surface area contributed by atoms with Gasteiger partial charge >= 0.3 is 0 Å². The van der Waals surface area contributed by atoms with E-state index in [9.17, 15) is 0 Å². The zero-order valence-corrected chi connectivity index (χ0v) is 9.39. The third kappa shape index (κ3) is 4.07. The standard InChI is InChI=1S/C10H15NO3S/c1-7(15)8-2-3-11-10(4-8)14-6-9(13)5-12/h2-4,7,9,12-13,15H,5-6H2,1H3/t7?,9-/m1/s1. The summed E-state index contributed by atoms with van der Waals surface area (Å²) < 4.78 is 5.19. The molecule has 1 aromatic heterocycles. The lowest BCUT2D eigenvalue weighted by atomic mass is 10.2. The molecule has 0 amide bonds. The number of aliphatic hydroxyl groups excluding tert-OH is 2. The summed E-state index contributed by atoms with van der Waals surface area (Å²) in [6.45, 7) is 1.67. The van der Waals surface area contributed by atoms with E-state index in [1.54, 1.807) is 12.3 Å². The zero-order valence-electron chi connectivity index (χ0n) is 8.50. The Morgan fingerprint density at radius 1 is 1.60 bits per heavy atom. The molecule has 0 aliphatic heterocycles. The predicted octanol–water partition coefficient (Wildman–Crippen LogP) is 0.804. The number of thiol groups is 1. The van der Waals surface area contributed by atoms with Crippen molar-refractivity contribution in [3.63, 3.8) is 0 Å². The van der Waals surface area contributed by atoms with Crippen LogP contribution in [0, 0.1) is 0 Å². The second kappa shape index (κ2) is 5.95. The van der Waals surface area contributed by atoms with Crippen LogP contribution < -0.4 is 4.74 Å². The van der Waals surface area contributed by atoms with Crippen molar-refractivity contribution in [3.05, 3.63) is 23.9 Å². The molecule has 0 saturated carbocycles. The monoisotopic (exact) mass is 229 g/mol. The van der Waals surface area contributed by atoms with E-state index in [0.29, 0.717) is 5.88 Å². The van der Waals surface area contributed by atoms with Crippen molar-refractivity contribution in [3.8, 4) is 5.88 Å². The molecule has 2 N–H and O–H groups in total. The van der Waals surface area contributed by atoms with Crippen molar-refractivity contribution in [2.24, 2.45) is 0 Å². The maximum absolute atomic E-state index is 9.08. The van der Waals surface area contributed by atoms with Gasteiger partial charge in [0.15, 0.2) is 0 Å². The number of ether oxygens (including phenoxy) is 1. The van der Waals surface area contributed by atoms with E-state index in [1.165, 1.54) is 0 Å². The van der Waals surface area contributed by atoms with E-state index in [1.807, 2.05) is 13.0 Å². The Bertz CT molecular complexity index is 306. The van der Waals surface area contributed by atoms with Crippen LogP contribution in [-0.4, -0.2) is 34.5 Å². The van der Waals surface area contributed by atoms with Crippen molar-refractivity contribution < 1.29 is 14.9 Å². The van der Waals surface area contributed by atoms with Crippen LogP contribution >= 0.6 is 12.6 Å². The Morgan fingerprint density at radius 2 is 2.33 bits per heavy atom. The first-order chi connectivity index (χ1) is 7.13. The second-order valence-corrected chi connectivity index (χ2v) is 4.03. The van der Waals surface area contributed by atoms with Crippen molar-refractivity contribution in [2.45, 2.75) is 18.3 Å². The Labute approximate surface area is 94.3 Å². The quantitative estimate of drug-likeness (QED) is 0.654. The molecule has 0 radical (unpaired) electrons. The third-order valence-corrected chi connectivity index (χ3v) is 2.17. The number of pyridine rings is 1. The normalized spacial score (nSPS) is 14.7. The molecule has 0 aromatic carbocycles. The summed E-state index contributed by atoms with van der Waals surface area (Å²) in [7, 11) is 0. The van der Waals surface area contributed by atoms with Gasteiger partial charge in [0.25, 0.3) is 0 Å². The average Bonchev–Trinajstić information content (AvgIpc) is 2.26. The SMILES string of the molecule is CC(S)c1ccnc(OC[C@H](O)CO)c1. The van der Waals surface area contributed by atoms with Gasteiger partial charge in [0.1, 0.15) is 12.7 Å². The zero-order chi connectivity index (χ0) is 11.3. The largest absolute Gasteiger partial charge is 0.475 e. The van der Waals surface area contributed by atoms with Crippen LogP contribution in [0.4, 0.5) is 0 Å². The van der Waals surface area contributed by atoms with Gasteiger partial charge in [-0.2, -0.15) is 12.6 Å². The van der Waals surface area contributed by atoms with Crippen molar-refractivity contribution in [1.82, 2.24) is 4.98 Å². The molecule has 15 heavy (non-hydrogen) atoms. The van der Waals surface area contributed by atoms with E-state index in [-0.39, 0.29) is 18.5 Å². The third-order valence-electron chi connectivity index (χ3n) is 1.88. The van der Waals surface area contributed by atoms with Crippen molar-refractivity contribution in [1.29, 1.82) is 0 Å². The van der Waals surface area contributed by atoms with Crippen LogP contribution in [0.3, 0.4) is 0 Å². The van der Waals surface area contributed by atoms with Crippen molar-refractivity contribution in [2.75, 3.05) is 13.2 Å². The van der Waals surface area contributed by atoms with Gasteiger partial charge in [-0.15, -0.1) is 0 Å². The first-order valence-electron chi connectivity index (χ1n) is 4.69. The highest BCUT2D eigenvalue weighted by atomic mass is 32.1. The van der Waals surface area contributed by atoms with E-state index in [4.69, 9.17) is 14.9 Å². The number of aromatic nitrogens is 1. The molecule has 0 aliphatic rings. The van der Waals surface area contributed by atoms with Crippen LogP contribution in [0.15, 0.2) is 18.3 Å². The summed E-state index contributed by atoms with van der Waals surface area (Å²) in [5.41, 5.74) is 1.00. The molecule has 0 saturated heterocycles. The Kier molecular flexibility index (Phi) is 4.87. The summed E-state index contributed by atoms with van der Waals surface area (Å²) in [6.07, 6.45) is 0.756.